The summed E-state index contributed by atoms with van der Waals surface area (Å²) in [6.45, 7) is 6.47. The first-order chi connectivity index (χ1) is 14.1. The van der Waals surface area contributed by atoms with E-state index in [4.69, 9.17) is 4.98 Å². The highest BCUT2D eigenvalue weighted by molar-refractivity contribution is 5.72. The maximum absolute atomic E-state index is 4.85. The number of nitrogens with zero attached hydrogens (tertiary/aromatic N) is 6. The second-order valence-electron chi connectivity index (χ2n) is 8.06. The quantitative estimate of drug-likeness (QED) is 0.743. The molecule has 0 radical (unpaired) electrons. The molecule has 3 aromatic rings. The molecule has 1 aliphatic heterocycles. The minimum Gasteiger partial charge on any atom is -0.369 e. The molecule has 2 aromatic heterocycles. The van der Waals surface area contributed by atoms with Gasteiger partial charge < -0.3 is 15.1 Å². The van der Waals surface area contributed by atoms with Crippen molar-refractivity contribution in [2.75, 3.05) is 43.4 Å². The largest absolute Gasteiger partial charge is 0.369 e. The van der Waals surface area contributed by atoms with Gasteiger partial charge in [0.1, 0.15) is 0 Å². The Morgan fingerprint density at radius 2 is 1.72 bits per heavy atom. The van der Waals surface area contributed by atoms with Crippen molar-refractivity contribution in [3.63, 3.8) is 0 Å². The van der Waals surface area contributed by atoms with E-state index in [-0.39, 0.29) is 0 Å². The van der Waals surface area contributed by atoms with Gasteiger partial charge >= 0.3 is 0 Å². The minimum absolute atomic E-state index is 0.632. The van der Waals surface area contributed by atoms with Crippen LogP contribution in [0.5, 0.6) is 0 Å². The topological polar surface area (TPSA) is 62.1 Å². The minimum atomic E-state index is 0.632. The molecule has 1 N–H and O–H groups in total. The van der Waals surface area contributed by atoms with Crippen LogP contribution in [0, 0.1) is 6.92 Å². The lowest BCUT2D eigenvalue weighted by Crippen LogP contribution is -2.44. The second kappa shape index (κ2) is 7.15. The van der Waals surface area contributed by atoms with Gasteiger partial charge in [-0.05, 0) is 56.6 Å². The van der Waals surface area contributed by atoms with Crippen molar-refractivity contribution in [2.45, 2.75) is 19.8 Å². The summed E-state index contributed by atoms with van der Waals surface area (Å²) in [6, 6.07) is 8.57. The van der Waals surface area contributed by atoms with E-state index in [9.17, 15) is 0 Å². The smallest absolute Gasteiger partial charge is 0.227 e. The third kappa shape index (κ3) is 3.35. The molecule has 0 atom stereocenters. The van der Waals surface area contributed by atoms with E-state index in [0.717, 1.165) is 61.8 Å². The van der Waals surface area contributed by atoms with E-state index in [1.807, 2.05) is 17.9 Å². The molecule has 5 rings (SSSR count). The van der Waals surface area contributed by atoms with Gasteiger partial charge in [-0.15, -0.1) is 0 Å². The van der Waals surface area contributed by atoms with Crippen LogP contribution >= 0.6 is 0 Å². The lowest BCUT2D eigenvalue weighted by molar-refractivity contribution is 0.313. The third-order valence-electron chi connectivity index (χ3n) is 6.13. The van der Waals surface area contributed by atoms with Gasteiger partial charge in [-0.3, -0.25) is 4.68 Å². The first-order valence-electron chi connectivity index (χ1n) is 10.3. The fourth-order valence-electron chi connectivity index (χ4n) is 4.23. The standard InChI is InChI=1S/C22H27N7/c1-15-20-19(26-28(15)3)9-4-16-14-23-22(25-21(16)20)24-17-5-7-18(8-6-17)29-12-10-27(2)11-13-29/h5-8,14H,4,9-13H2,1-3H3,(H,23,24,25). The zero-order valence-electron chi connectivity index (χ0n) is 17.3. The van der Waals surface area contributed by atoms with Crippen molar-refractivity contribution in [3.05, 3.63) is 47.4 Å². The van der Waals surface area contributed by atoms with E-state index < -0.39 is 0 Å². The predicted octanol–water partition coefficient (Wildman–Crippen LogP) is 2.78. The molecule has 150 valence electrons. The molecule has 29 heavy (non-hydrogen) atoms. The van der Waals surface area contributed by atoms with Gasteiger partial charge in [-0.25, -0.2) is 9.97 Å². The highest BCUT2D eigenvalue weighted by Gasteiger charge is 2.24. The van der Waals surface area contributed by atoms with Crippen LogP contribution in [0.3, 0.4) is 0 Å². The van der Waals surface area contributed by atoms with Crippen LogP contribution in [0.2, 0.25) is 0 Å². The lowest BCUT2D eigenvalue weighted by atomic mass is 9.94. The summed E-state index contributed by atoms with van der Waals surface area (Å²) >= 11 is 0. The third-order valence-corrected chi connectivity index (χ3v) is 6.13. The fraction of sp³-hybridized carbons (Fsp3) is 0.409. The average molecular weight is 390 g/mol. The van der Waals surface area contributed by atoms with Gasteiger partial charge in [0.15, 0.2) is 0 Å². The zero-order chi connectivity index (χ0) is 20.0. The average Bonchev–Trinajstić information content (AvgIpc) is 3.03. The van der Waals surface area contributed by atoms with Crippen molar-refractivity contribution in [1.29, 1.82) is 0 Å². The van der Waals surface area contributed by atoms with Crippen molar-refractivity contribution >= 4 is 17.3 Å². The summed E-state index contributed by atoms with van der Waals surface area (Å²) in [7, 11) is 4.18. The summed E-state index contributed by atoms with van der Waals surface area (Å²) in [4.78, 5) is 14.2. The number of rotatable bonds is 3. The van der Waals surface area contributed by atoms with Crippen LogP contribution in [-0.4, -0.2) is 57.9 Å². The van der Waals surface area contributed by atoms with E-state index in [1.165, 1.54) is 16.8 Å². The number of aromatic nitrogens is 4. The molecule has 7 nitrogen and oxygen atoms in total. The Hall–Kier alpha value is -2.93. The monoisotopic (exact) mass is 389 g/mol. The Balaban J connectivity index is 1.37. The molecule has 1 aliphatic carbocycles. The number of nitrogens with one attached hydrogen (secondary N) is 1. The lowest BCUT2D eigenvalue weighted by Gasteiger charge is -2.34. The van der Waals surface area contributed by atoms with Gasteiger partial charge in [-0.2, -0.15) is 5.10 Å². The summed E-state index contributed by atoms with van der Waals surface area (Å²) in [5.74, 6) is 0.632. The Labute approximate surface area is 171 Å². The number of benzene rings is 1. The molecule has 1 fully saturated rings. The van der Waals surface area contributed by atoms with E-state index in [1.54, 1.807) is 0 Å². The number of likely N-dealkylation sites (N-methyl/N-ethyl adjacent to an activating group) is 1. The van der Waals surface area contributed by atoms with Gasteiger partial charge in [-0.1, -0.05) is 0 Å². The first kappa shape index (κ1) is 18.1. The first-order valence-corrected chi connectivity index (χ1v) is 10.3. The molecule has 1 saturated heterocycles. The van der Waals surface area contributed by atoms with Crippen LogP contribution < -0.4 is 10.2 Å². The molecular weight excluding hydrogens is 362 g/mol. The molecule has 2 aliphatic rings. The van der Waals surface area contributed by atoms with Crippen LogP contribution in [0.15, 0.2) is 30.5 Å². The van der Waals surface area contributed by atoms with E-state index in [2.05, 4.69) is 63.4 Å². The van der Waals surface area contributed by atoms with Crippen molar-refractivity contribution < 1.29 is 0 Å². The molecule has 0 unspecified atom stereocenters. The Morgan fingerprint density at radius 3 is 2.48 bits per heavy atom. The maximum atomic E-state index is 4.85. The summed E-state index contributed by atoms with van der Waals surface area (Å²) in [5.41, 5.74) is 7.95. The molecule has 0 amide bonds. The molecule has 0 spiro atoms. The van der Waals surface area contributed by atoms with Gasteiger partial charge in [0.2, 0.25) is 5.95 Å². The Morgan fingerprint density at radius 1 is 0.966 bits per heavy atom. The SMILES string of the molecule is Cc1c2c(nn1C)CCc1cnc(Nc3ccc(N4CCN(C)CC4)cc3)nc1-2. The van der Waals surface area contributed by atoms with Crippen molar-refractivity contribution in [2.24, 2.45) is 7.05 Å². The van der Waals surface area contributed by atoms with Crippen molar-refractivity contribution in [3.8, 4) is 11.3 Å². The molecule has 1 aromatic carbocycles. The zero-order valence-corrected chi connectivity index (χ0v) is 17.3. The maximum Gasteiger partial charge on any atom is 0.227 e. The molecular formula is C22H27N7. The van der Waals surface area contributed by atoms with Crippen LogP contribution in [0.4, 0.5) is 17.3 Å². The highest BCUT2D eigenvalue weighted by Crippen LogP contribution is 2.34. The van der Waals surface area contributed by atoms with E-state index >= 15 is 0 Å². The summed E-state index contributed by atoms with van der Waals surface area (Å²) < 4.78 is 1.95. The van der Waals surface area contributed by atoms with Crippen LogP contribution in [0.1, 0.15) is 17.0 Å². The molecule has 7 heteroatoms. The normalized spacial score (nSPS) is 16.4. The molecule has 0 bridgehead atoms. The fourth-order valence-corrected chi connectivity index (χ4v) is 4.23. The Kier molecular flexibility index (Phi) is 4.47. The van der Waals surface area contributed by atoms with Crippen molar-refractivity contribution in [1.82, 2.24) is 24.6 Å². The number of fused-ring (bicyclic) bond motifs is 3. The number of anilines is 3. The number of aryl methyl sites for hydroxylation is 3. The van der Waals surface area contributed by atoms with Gasteiger partial charge in [0.25, 0.3) is 0 Å². The highest BCUT2D eigenvalue weighted by atomic mass is 15.3. The molecule has 0 saturated carbocycles. The van der Waals surface area contributed by atoms with E-state index in [0.29, 0.717) is 5.95 Å². The van der Waals surface area contributed by atoms with Gasteiger partial charge in [0, 0.05) is 62.1 Å². The predicted molar refractivity (Wildman–Crippen MR) is 116 cm³/mol. The number of piperazine rings is 1. The number of hydrogen-bond acceptors (Lipinski definition) is 6. The summed E-state index contributed by atoms with van der Waals surface area (Å²) in [5, 5.41) is 8.02. The van der Waals surface area contributed by atoms with Gasteiger partial charge in [0.05, 0.1) is 11.4 Å². The Bertz CT molecular complexity index is 1030. The number of hydrogen-bond donors (Lipinski definition) is 1. The van der Waals surface area contributed by atoms with Crippen LogP contribution in [0.25, 0.3) is 11.3 Å². The summed E-state index contributed by atoms with van der Waals surface area (Å²) in [6.07, 6.45) is 3.85. The molecule has 3 heterocycles. The van der Waals surface area contributed by atoms with Crippen LogP contribution in [-0.2, 0) is 19.9 Å². The second-order valence-corrected chi connectivity index (χ2v) is 8.06.